The Morgan fingerprint density at radius 3 is 0.742 bits per heavy atom. The van der Waals surface area contributed by atoms with Gasteiger partial charge in [-0.2, -0.15) is 0 Å². The van der Waals surface area contributed by atoms with Crippen molar-refractivity contribution in [2.45, 2.75) is 168 Å². The van der Waals surface area contributed by atoms with Gasteiger partial charge in [0.05, 0.1) is 13.1 Å². The number of unbranched alkanes of at least 4 members (excludes halogenated alkanes) is 22. The highest BCUT2D eigenvalue weighted by molar-refractivity contribution is 4.49. The summed E-state index contributed by atoms with van der Waals surface area (Å²) in [6, 6.07) is 0. The summed E-state index contributed by atoms with van der Waals surface area (Å²) in [5.74, 6) is 0. The second-order valence-electron chi connectivity index (χ2n) is 9.64. The van der Waals surface area contributed by atoms with Gasteiger partial charge in [0.2, 0.25) is 0 Å². The van der Waals surface area contributed by atoms with E-state index in [0.717, 1.165) is 0 Å². The van der Waals surface area contributed by atoms with Crippen molar-refractivity contribution >= 4 is 0 Å². The lowest BCUT2D eigenvalue weighted by Crippen LogP contribution is -3.00. The minimum absolute atomic E-state index is 0. The Hall–Kier alpha value is 0.400. The first kappa shape index (κ1) is 36.0. The zero-order valence-electron chi connectivity index (χ0n) is 21.8. The molecule has 0 bridgehead atoms. The second kappa shape index (κ2) is 35.0. The number of hydrogen-bond acceptors (Lipinski definition) is 0. The fourth-order valence-corrected chi connectivity index (χ4v) is 4.40. The van der Waals surface area contributed by atoms with E-state index in [0.29, 0.717) is 0 Å². The Labute approximate surface area is 208 Å². The molecule has 2 nitrogen and oxygen atoms in total. The van der Waals surface area contributed by atoms with Gasteiger partial charge < -0.3 is 27.8 Å². The summed E-state index contributed by atoms with van der Waals surface area (Å²) in [5, 5.41) is 2.58. The molecule has 0 spiro atoms. The Balaban J connectivity index is -0.00000392. The van der Waals surface area contributed by atoms with Crippen LogP contribution in [0.15, 0.2) is 0 Å². The van der Waals surface area contributed by atoms with Gasteiger partial charge >= 0.3 is 0 Å². The summed E-state index contributed by atoms with van der Waals surface area (Å²) in [6.07, 6.45) is 35.1. The summed E-state index contributed by atoms with van der Waals surface area (Å²) < 4.78 is 0. The Morgan fingerprint density at radius 1 is 0.323 bits per heavy atom. The molecule has 0 rings (SSSR count). The Bertz CT molecular complexity index is 250. The summed E-state index contributed by atoms with van der Waals surface area (Å²) in [5.41, 5.74) is 0. The van der Waals surface area contributed by atoms with Gasteiger partial charge in [-0.25, -0.2) is 0 Å². The maximum absolute atomic E-state index is 2.58. The molecule has 0 saturated heterocycles. The van der Waals surface area contributed by atoms with Crippen molar-refractivity contribution in [2.75, 3.05) is 13.1 Å². The third-order valence-electron chi connectivity index (χ3n) is 6.52. The summed E-state index contributed by atoms with van der Waals surface area (Å²) in [7, 11) is 0. The molecule has 31 heavy (non-hydrogen) atoms. The van der Waals surface area contributed by atoms with Crippen LogP contribution in [0.3, 0.4) is 0 Å². The molecule has 4 N–H and O–H groups in total. The van der Waals surface area contributed by atoms with Crippen LogP contribution in [0.1, 0.15) is 168 Å². The van der Waals surface area contributed by atoms with E-state index < -0.39 is 0 Å². The van der Waals surface area contributed by atoms with E-state index in [1.165, 1.54) is 167 Å². The maximum Gasteiger partial charge on any atom is 0.0755 e. The standard InChI is InChI=1S/C28H59N.BrH.H2O/c1-3-5-7-9-11-13-15-17-19-21-23-25-27-29-28-26-24-22-20-18-16-14-12-10-8-6-4-2;;/h29H,3-28H2,1-2H3;1H;1H2. The third-order valence-corrected chi connectivity index (χ3v) is 6.52. The van der Waals surface area contributed by atoms with Crippen molar-refractivity contribution in [2.24, 2.45) is 0 Å². The molecule has 0 radical (unpaired) electrons. The van der Waals surface area contributed by atoms with E-state index in [9.17, 15) is 0 Å². The lowest BCUT2D eigenvalue weighted by atomic mass is 10.1. The molecule has 0 aromatic carbocycles. The SMILES string of the molecule is CCCCCCCCCCCCCC[NH2+]CCCCCCCCCCCCCC.O.[Br-]. The van der Waals surface area contributed by atoms with Crippen molar-refractivity contribution in [1.29, 1.82) is 0 Å². The van der Waals surface area contributed by atoms with Crippen LogP contribution in [-0.2, 0) is 0 Å². The van der Waals surface area contributed by atoms with Crippen LogP contribution >= 0.6 is 0 Å². The van der Waals surface area contributed by atoms with Crippen molar-refractivity contribution in [3.8, 4) is 0 Å². The Morgan fingerprint density at radius 2 is 0.516 bits per heavy atom. The number of quaternary nitrogens is 1. The fraction of sp³-hybridized carbons (Fsp3) is 1.00. The molecular weight excluding hydrogens is 446 g/mol. The lowest BCUT2D eigenvalue weighted by molar-refractivity contribution is -0.655. The van der Waals surface area contributed by atoms with Gasteiger partial charge in [-0.05, 0) is 25.7 Å². The molecule has 0 heterocycles. The van der Waals surface area contributed by atoms with Gasteiger partial charge in [-0.1, -0.05) is 142 Å². The average Bonchev–Trinajstić information content (AvgIpc) is 2.74. The van der Waals surface area contributed by atoms with Gasteiger partial charge in [-0.15, -0.1) is 0 Å². The molecule has 0 aromatic heterocycles. The largest absolute Gasteiger partial charge is 1.00 e. The zero-order chi connectivity index (χ0) is 21.1. The zero-order valence-corrected chi connectivity index (χ0v) is 23.4. The smallest absolute Gasteiger partial charge is 0.0755 e. The maximum atomic E-state index is 2.58. The monoisotopic (exact) mass is 507 g/mol. The molecule has 0 aromatic rings. The number of halogens is 1. The topological polar surface area (TPSA) is 48.1 Å². The van der Waals surface area contributed by atoms with Crippen LogP contribution in [0.5, 0.6) is 0 Å². The summed E-state index contributed by atoms with van der Waals surface area (Å²) in [6.45, 7) is 7.35. The minimum atomic E-state index is 0. The first-order chi connectivity index (χ1) is 14.4. The quantitative estimate of drug-likeness (QED) is 0.158. The fourth-order valence-electron chi connectivity index (χ4n) is 4.40. The van der Waals surface area contributed by atoms with Crippen LogP contribution in [0.4, 0.5) is 0 Å². The van der Waals surface area contributed by atoms with Gasteiger partial charge in [0.1, 0.15) is 0 Å². The Kier molecular flexibility index (Phi) is 40.6. The predicted octanol–water partition coefficient (Wildman–Crippen LogP) is 5.13. The molecule has 0 aliphatic heterocycles. The van der Waals surface area contributed by atoms with E-state index in [1.807, 2.05) is 0 Å². The highest BCUT2D eigenvalue weighted by Gasteiger charge is 1.96. The normalized spacial score (nSPS) is 10.6. The molecular formula is C28H62BrNO. The first-order valence-corrected chi connectivity index (χ1v) is 14.2. The van der Waals surface area contributed by atoms with Crippen LogP contribution in [0.2, 0.25) is 0 Å². The van der Waals surface area contributed by atoms with E-state index in [1.54, 1.807) is 0 Å². The minimum Gasteiger partial charge on any atom is -1.00 e. The average molecular weight is 509 g/mol. The van der Waals surface area contributed by atoms with E-state index in [2.05, 4.69) is 19.2 Å². The highest BCUT2D eigenvalue weighted by atomic mass is 79.9. The lowest BCUT2D eigenvalue weighted by Gasteiger charge is -2.04. The number of hydrogen-bond donors (Lipinski definition) is 1. The molecule has 0 aliphatic carbocycles. The first-order valence-electron chi connectivity index (χ1n) is 14.2. The van der Waals surface area contributed by atoms with Gasteiger partial charge in [0.25, 0.3) is 0 Å². The summed E-state index contributed by atoms with van der Waals surface area (Å²) in [4.78, 5) is 0. The molecule has 0 fully saturated rings. The van der Waals surface area contributed by atoms with Gasteiger partial charge in [0, 0.05) is 0 Å². The van der Waals surface area contributed by atoms with E-state index in [-0.39, 0.29) is 22.5 Å². The van der Waals surface area contributed by atoms with Gasteiger partial charge in [0.15, 0.2) is 0 Å². The predicted molar refractivity (Wildman–Crippen MR) is 137 cm³/mol. The highest BCUT2D eigenvalue weighted by Crippen LogP contribution is 2.12. The van der Waals surface area contributed by atoms with Crippen molar-refractivity contribution in [3.05, 3.63) is 0 Å². The number of nitrogens with two attached hydrogens (primary N) is 1. The van der Waals surface area contributed by atoms with Crippen molar-refractivity contribution < 1.29 is 27.8 Å². The van der Waals surface area contributed by atoms with Crippen LogP contribution in [0, 0.1) is 0 Å². The number of rotatable bonds is 26. The van der Waals surface area contributed by atoms with E-state index in [4.69, 9.17) is 0 Å². The summed E-state index contributed by atoms with van der Waals surface area (Å²) >= 11 is 0. The van der Waals surface area contributed by atoms with Crippen molar-refractivity contribution in [1.82, 2.24) is 0 Å². The molecule has 0 amide bonds. The molecule has 0 saturated carbocycles. The molecule has 0 atom stereocenters. The van der Waals surface area contributed by atoms with Crippen LogP contribution in [-0.4, -0.2) is 18.6 Å². The van der Waals surface area contributed by atoms with Crippen LogP contribution in [0.25, 0.3) is 0 Å². The van der Waals surface area contributed by atoms with Crippen LogP contribution < -0.4 is 22.3 Å². The second-order valence-corrected chi connectivity index (χ2v) is 9.64. The molecule has 192 valence electrons. The van der Waals surface area contributed by atoms with E-state index >= 15 is 0 Å². The van der Waals surface area contributed by atoms with Crippen molar-refractivity contribution in [3.63, 3.8) is 0 Å². The third kappa shape index (κ3) is 35.2. The molecule has 0 unspecified atom stereocenters. The molecule has 0 aliphatic rings. The molecule has 3 heteroatoms. The van der Waals surface area contributed by atoms with Gasteiger partial charge in [-0.3, -0.25) is 0 Å².